The Morgan fingerprint density at radius 2 is 1.91 bits per heavy atom. The highest BCUT2D eigenvalue weighted by Gasteiger charge is 2.18. The Kier molecular flexibility index (Phi) is 5.25. The molecule has 0 fully saturated rings. The number of likely N-dealkylation sites (N-methyl/N-ethyl adjacent to an activating group) is 1. The lowest BCUT2D eigenvalue weighted by Gasteiger charge is -2.16. The van der Waals surface area contributed by atoms with Crippen LogP contribution in [0.4, 0.5) is 5.69 Å². The molecule has 1 aromatic heterocycles. The van der Waals surface area contributed by atoms with Gasteiger partial charge >= 0.3 is 11.8 Å². The van der Waals surface area contributed by atoms with Crippen molar-refractivity contribution in [3.8, 4) is 0 Å². The first-order valence-electron chi connectivity index (χ1n) is 7.08. The molecule has 1 N–H and O–H groups in total. The van der Waals surface area contributed by atoms with Crippen molar-refractivity contribution in [2.45, 2.75) is 13.3 Å². The van der Waals surface area contributed by atoms with Crippen LogP contribution in [0.2, 0.25) is 0 Å². The zero-order valence-electron chi connectivity index (χ0n) is 12.7. The fourth-order valence-electron chi connectivity index (χ4n) is 2.03. The summed E-state index contributed by atoms with van der Waals surface area (Å²) in [5.41, 5.74) is 2.73. The molecule has 2 rings (SSSR count). The van der Waals surface area contributed by atoms with Crippen LogP contribution < -0.4 is 5.32 Å². The van der Waals surface area contributed by atoms with Gasteiger partial charge in [0.1, 0.15) is 0 Å². The van der Waals surface area contributed by atoms with E-state index in [1.54, 1.807) is 25.5 Å². The average Bonchev–Trinajstić information content (AvgIpc) is 2.53. The van der Waals surface area contributed by atoms with Crippen molar-refractivity contribution in [1.29, 1.82) is 0 Å². The van der Waals surface area contributed by atoms with E-state index in [0.717, 1.165) is 11.1 Å². The van der Waals surface area contributed by atoms with Crippen molar-refractivity contribution in [2.75, 3.05) is 18.9 Å². The van der Waals surface area contributed by atoms with Crippen LogP contribution in [0.5, 0.6) is 0 Å². The molecule has 0 unspecified atom stereocenters. The largest absolute Gasteiger partial charge is 0.337 e. The number of hydrogen-bond donors (Lipinski definition) is 1. The predicted molar refractivity (Wildman–Crippen MR) is 85.4 cm³/mol. The second-order valence-corrected chi connectivity index (χ2v) is 5.16. The van der Waals surface area contributed by atoms with Crippen LogP contribution >= 0.6 is 0 Å². The number of hydrogen-bond acceptors (Lipinski definition) is 3. The highest BCUT2D eigenvalue weighted by molar-refractivity contribution is 6.39. The van der Waals surface area contributed by atoms with Crippen LogP contribution in [0.1, 0.15) is 11.1 Å². The van der Waals surface area contributed by atoms with E-state index in [4.69, 9.17) is 0 Å². The molecular formula is C17H19N3O2. The third-order valence-electron chi connectivity index (χ3n) is 3.30. The zero-order chi connectivity index (χ0) is 15.9. The number of aryl methyl sites for hydroxylation is 1. The third kappa shape index (κ3) is 4.41. The van der Waals surface area contributed by atoms with Crippen LogP contribution in [-0.2, 0) is 16.0 Å². The van der Waals surface area contributed by atoms with Gasteiger partial charge in [-0.2, -0.15) is 0 Å². The fourth-order valence-corrected chi connectivity index (χ4v) is 2.03. The Hall–Kier alpha value is -2.69. The van der Waals surface area contributed by atoms with E-state index in [2.05, 4.69) is 10.3 Å². The molecule has 0 aliphatic carbocycles. The molecule has 0 saturated carbocycles. The maximum absolute atomic E-state index is 12.1. The number of benzene rings is 1. The summed E-state index contributed by atoms with van der Waals surface area (Å²) in [6, 6.07) is 11.1. The number of nitrogens with zero attached hydrogens (tertiary/aromatic N) is 2. The van der Waals surface area contributed by atoms with E-state index in [0.29, 0.717) is 18.7 Å². The fraction of sp³-hybridized carbons (Fsp3) is 0.235. The minimum Gasteiger partial charge on any atom is -0.337 e. The second-order valence-electron chi connectivity index (χ2n) is 5.16. The van der Waals surface area contributed by atoms with Crippen molar-refractivity contribution in [3.05, 3.63) is 59.9 Å². The maximum atomic E-state index is 12.1. The van der Waals surface area contributed by atoms with Gasteiger partial charge in [-0.05, 0) is 48.7 Å². The van der Waals surface area contributed by atoms with Crippen LogP contribution in [0.3, 0.4) is 0 Å². The Bertz CT molecular complexity index is 656. The van der Waals surface area contributed by atoms with Gasteiger partial charge in [-0.1, -0.05) is 12.1 Å². The summed E-state index contributed by atoms with van der Waals surface area (Å²) in [5.74, 6) is -1.17. The quantitative estimate of drug-likeness (QED) is 0.878. The number of anilines is 1. The molecule has 1 aromatic carbocycles. The molecule has 5 nitrogen and oxygen atoms in total. The van der Waals surface area contributed by atoms with Gasteiger partial charge in [0, 0.05) is 31.7 Å². The molecule has 0 bridgehead atoms. The van der Waals surface area contributed by atoms with E-state index in [1.807, 2.05) is 37.3 Å². The highest BCUT2D eigenvalue weighted by Crippen LogP contribution is 2.09. The number of rotatable bonds is 4. The van der Waals surface area contributed by atoms with Gasteiger partial charge in [0.15, 0.2) is 0 Å². The number of amides is 2. The number of carbonyl (C=O) groups excluding carboxylic acids is 2. The van der Waals surface area contributed by atoms with E-state index >= 15 is 0 Å². The number of pyridine rings is 1. The van der Waals surface area contributed by atoms with Crippen molar-refractivity contribution in [1.82, 2.24) is 9.88 Å². The van der Waals surface area contributed by atoms with E-state index in [1.165, 1.54) is 4.90 Å². The summed E-state index contributed by atoms with van der Waals surface area (Å²) in [7, 11) is 1.62. The average molecular weight is 297 g/mol. The molecule has 22 heavy (non-hydrogen) atoms. The monoisotopic (exact) mass is 297 g/mol. The van der Waals surface area contributed by atoms with Crippen molar-refractivity contribution in [2.24, 2.45) is 0 Å². The highest BCUT2D eigenvalue weighted by atomic mass is 16.2. The lowest BCUT2D eigenvalue weighted by Crippen LogP contribution is -2.38. The smallest absolute Gasteiger partial charge is 0.313 e. The molecule has 0 aliphatic rings. The van der Waals surface area contributed by atoms with Crippen LogP contribution in [0.25, 0.3) is 0 Å². The minimum absolute atomic E-state index is 0.476. The number of carbonyl (C=O) groups is 2. The summed E-state index contributed by atoms with van der Waals surface area (Å²) in [4.78, 5) is 29.4. The molecule has 114 valence electrons. The standard InChI is InChI=1S/C17H19N3O2/c1-13-4-3-5-15(12-13)19-16(21)17(22)20(2)11-8-14-6-9-18-10-7-14/h3-7,9-10,12H,8,11H2,1-2H3,(H,19,21). The Morgan fingerprint density at radius 1 is 1.18 bits per heavy atom. The van der Waals surface area contributed by atoms with Crippen LogP contribution in [0.15, 0.2) is 48.8 Å². The Morgan fingerprint density at radius 3 is 2.59 bits per heavy atom. The lowest BCUT2D eigenvalue weighted by molar-refractivity contribution is -0.142. The summed E-state index contributed by atoms with van der Waals surface area (Å²) >= 11 is 0. The van der Waals surface area contributed by atoms with Crippen LogP contribution in [0, 0.1) is 6.92 Å². The van der Waals surface area contributed by atoms with Gasteiger partial charge in [0.25, 0.3) is 0 Å². The van der Waals surface area contributed by atoms with Gasteiger partial charge in [-0.3, -0.25) is 14.6 Å². The Labute approximate surface area is 130 Å². The molecule has 1 heterocycles. The molecule has 5 heteroatoms. The van der Waals surface area contributed by atoms with Crippen LogP contribution in [-0.4, -0.2) is 35.3 Å². The summed E-state index contributed by atoms with van der Waals surface area (Å²) < 4.78 is 0. The molecule has 0 saturated heterocycles. The van der Waals surface area contributed by atoms with Gasteiger partial charge in [0.2, 0.25) is 0 Å². The van der Waals surface area contributed by atoms with Crippen molar-refractivity contribution in [3.63, 3.8) is 0 Å². The molecular weight excluding hydrogens is 278 g/mol. The van der Waals surface area contributed by atoms with Gasteiger partial charge in [-0.15, -0.1) is 0 Å². The van der Waals surface area contributed by atoms with E-state index in [9.17, 15) is 9.59 Å². The first-order chi connectivity index (χ1) is 10.6. The van der Waals surface area contributed by atoms with Crippen molar-refractivity contribution < 1.29 is 9.59 Å². The molecule has 0 radical (unpaired) electrons. The third-order valence-corrected chi connectivity index (χ3v) is 3.30. The van der Waals surface area contributed by atoms with Gasteiger partial charge in [-0.25, -0.2) is 0 Å². The predicted octanol–water partition coefficient (Wildman–Crippen LogP) is 2.03. The summed E-state index contributed by atoms with van der Waals surface area (Å²) in [6.07, 6.45) is 4.10. The van der Waals surface area contributed by atoms with Gasteiger partial charge < -0.3 is 10.2 Å². The normalized spacial score (nSPS) is 10.1. The second kappa shape index (κ2) is 7.36. The maximum Gasteiger partial charge on any atom is 0.313 e. The summed E-state index contributed by atoms with van der Waals surface area (Å²) in [6.45, 7) is 2.41. The first kappa shape index (κ1) is 15.7. The molecule has 0 atom stereocenters. The lowest BCUT2D eigenvalue weighted by atomic mass is 10.2. The molecule has 0 spiro atoms. The van der Waals surface area contributed by atoms with E-state index < -0.39 is 11.8 Å². The van der Waals surface area contributed by atoms with E-state index in [-0.39, 0.29) is 0 Å². The zero-order valence-corrected chi connectivity index (χ0v) is 12.7. The molecule has 0 aliphatic heterocycles. The summed E-state index contributed by atoms with van der Waals surface area (Å²) in [5, 5.41) is 2.62. The number of nitrogens with one attached hydrogen (secondary N) is 1. The molecule has 2 amide bonds. The SMILES string of the molecule is Cc1cccc(NC(=O)C(=O)N(C)CCc2ccncc2)c1. The van der Waals surface area contributed by atoms with Gasteiger partial charge in [0.05, 0.1) is 0 Å². The Balaban J connectivity index is 1.88. The van der Waals surface area contributed by atoms with Crippen molar-refractivity contribution >= 4 is 17.5 Å². The first-order valence-corrected chi connectivity index (χ1v) is 7.08. The minimum atomic E-state index is -0.622. The topological polar surface area (TPSA) is 62.3 Å². The molecule has 2 aromatic rings. The number of aromatic nitrogens is 1.